The van der Waals surface area contributed by atoms with E-state index in [0.717, 1.165) is 10.7 Å². The maximum absolute atomic E-state index is 11.7. The molecule has 0 aliphatic rings. The molecule has 2 unspecified atom stereocenters. The number of thiazole rings is 1. The zero-order chi connectivity index (χ0) is 16.0. The van der Waals surface area contributed by atoms with Crippen LogP contribution in [0.4, 0.5) is 4.79 Å². The molecule has 21 heavy (non-hydrogen) atoms. The normalized spacial score (nSPS) is 14.6. The van der Waals surface area contributed by atoms with E-state index >= 15 is 0 Å². The molecule has 0 saturated carbocycles. The second kappa shape index (κ2) is 7.75. The summed E-state index contributed by atoms with van der Waals surface area (Å²) in [6.45, 7) is 11.1. The molecule has 6 heteroatoms. The van der Waals surface area contributed by atoms with E-state index in [1.165, 1.54) is 0 Å². The molecular weight excluding hydrogens is 286 g/mol. The van der Waals surface area contributed by atoms with Crippen LogP contribution in [0.15, 0.2) is 5.38 Å². The molecule has 1 rings (SSSR count). The van der Waals surface area contributed by atoms with Crippen molar-refractivity contribution < 1.29 is 9.90 Å². The summed E-state index contributed by atoms with van der Waals surface area (Å²) in [6.07, 6.45) is 0.345. The van der Waals surface area contributed by atoms with Crippen LogP contribution in [0, 0.1) is 5.92 Å². The molecule has 1 aromatic rings. The van der Waals surface area contributed by atoms with Gasteiger partial charge < -0.3 is 15.7 Å². The third-order valence-corrected chi connectivity index (χ3v) is 3.92. The van der Waals surface area contributed by atoms with Gasteiger partial charge in [-0.3, -0.25) is 0 Å². The minimum Gasteiger partial charge on any atom is -0.393 e. The third-order valence-electron chi connectivity index (χ3n) is 3.07. The summed E-state index contributed by atoms with van der Waals surface area (Å²) in [7, 11) is 0. The number of amides is 2. The van der Waals surface area contributed by atoms with Gasteiger partial charge in [-0.05, 0) is 19.3 Å². The van der Waals surface area contributed by atoms with Gasteiger partial charge in [0.1, 0.15) is 5.01 Å². The lowest BCUT2D eigenvalue weighted by Crippen LogP contribution is -2.37. The summed E-state index contributed by atoms with van der Waals surface area (Å²) in [4.78, 5) is 16.2. The predicted octanol–water partition coefficient (Wildman–Crippen LogP) is 2.65. The van der Waals surface area contributed by atoms with E-state index in [2.05, 4.69) is 36.4 Å². The highest BCUT2D eigenvalue weighted by molar-refractivity contribution is 7.09. The first-order chi connectivity index (χ1) is 9.68. The Morgan fingerprint density at radius 1 is 1.38 bits per heavy atom. The number of urea groups is 1. The first-order valence-electron chi connectivity index (χ1n) is 7.33. The van der Waals surface area contributed by atoms with Crippen molar-refractivity contribution in [2.24, 2.45) is 5.92 Å². The molecule has 5 nitrogen and oxygen atoms in total. The maximum atomic E-state index is 11.7. The second-order valence-corrected chi connectivity index (χ2v) is 7.57. The van der Waals surface area contributed by atoms with Crippen LogP contribution in [0.2, 0.25) is 0 Å². The largest absolute Gasteiger partial charge is 0.393 e. The molecule has 2 amide bonds. The lowest BCUT2D eigenvalue weighted by molar-refractivity contribution is 0.163. The monoisotopic (exact) mass is 313 g/mol. The van der Waals surface area contributed by atoms with Crippen LogP contribution < -0.4 is 10.6 Å². The van der Waals surface area contributed by atoms with Gasteiger partial charge in [-0.2, -0.15) is 0 Å². The van der Waals surface area contributed by atoms with Gasteiger partial charge in [0.2, 0.25) is 0 Å². The first-order valence-corrected chi connectivity index (χ1v) is 8.21. The Morgan fingerprint density at radius 3 is 2.57 bits per heavy atom. The number of aliphatic hydroxyl groups is 1. The molecule has 0 aromatic carbocycles. The molecule has 0 spiro atoms. The van der Waals surface area contributed by atoms with Crippen molar-refractivity contribution in [3.63, 3.8) is 0 Å². The Morgan fingerprint density at radius 2 is 2.05 bits per heavy atom. The Bertz CT molecular complexity index is 452. The summed E-state index contributed by atoms with van der Waals surface area (Å²) in [5, 5.41) is 17.8. The fraction of sp³-hybridized carbons (Fsp3) is 0.733. The van der Waals surface area contributed by atoms with E-state index in [1.807, 2.05) is 12.3 Å². The molecule has 3 N–H and O–H groups in total. The van der Waals surface area contributed by atoms with E-state index in [4.69, 9.17) is 0 Å². The summed E-state index contributed by atoms with van der Waals surface area (Å²) in [5.41, 5.74) is 1.09. The van der Waals surface area contributed by atoms with Gasteiger partial charge in [0.05, 0.1) is 18.3 Å². The van der Waals surface area contributed by atoms with E-state index in [0.29, 0.717) is 19.5 Å². The number of carbonyl (C=O) groups excluding carboxylic acids is 1. The van der Waals surface area contributed by atoms with Crippen molar-refractivity contribution in [1.82, 2.24) is 15.6 Å². The number of hydrogen-bond acceptors (Lipinski definition) is 4. The smallest absolute Gasteiger partial charge is 0.315 e. The predicted molar refractivity (Wildman–Crippen MR) is 86.5 cm³/mol. The van der Waals surface area contributed by atoms with E-state index < -0.39 is 0 Å². The topological polar surface area (TPSA) is 74.2 Å². The lowest BCUT2D eigenvalue weighted by Gasteiger charge is -2.15. The van der Waals surface area contributed by atoms with Gasteiger partial charge in [0.15, 0.2) is 0 Å². The van der Waals surface area contributed by atoms with Gasteiger partial charge in [0, 0.05) is 17.3 Å². The van der Waals surface area contributed by atoms with Gasteiger partial charge in [-0.25, -0.2) is 9.78 Å². The lowest BCUT2D eigenvalue weighted by atomic mass is 9.93. The highest BCUT2D eigenvalue weighted by Crippen LogP contribution is 2.23. The maximum Gasteiger partial charge on any atom is 0.315 e. The Labute approximate surface area is 131 Å². The average molecular weight is 313 g/mol. The minimum atomic E-state index is -0.337. The Hall–Kier alpha value is -1.14. The van der Waals surface area contributed by atoms with Crippen LogP contribution in [0.25, 0.3) is 0 Å². The number of carbonyl (C=O) groups is 1. The van der Waals surface area contributed by atoms with Gasteiger partial charge in [0.25, 0.3) is 0 Å². The van der Waals surface area contributed by atoms with E-state index in [9.17, 15) is 9.90 Å². The third kappa shape index (κ3) is 6.91. The Kier molecular flexibility index (Phi) is 6.61. The summed E-state index contributed by atoms with van der Waals surface area (Å²) in [5.74, 6) is 0.253. The molecule has 1 aromatic heterocycles. The fourth-order valence-electron chi connectivity index (χ4n) is 1.89. The number of nitrogens with one attached hydrogen (secondary N) is 2. The van der Waals surface area contributed by atoms with Crippen LogP contribution in [-0.2, 0) is 12.0 Å². The molecule has 1 heterocycles. The standard InChI is InChI=1S/C15H27N3O2S/c1-10(6-11(2)19)7-16-14(20)17-8-13-18-12(9-21-13)15(3,4)5/h9-11,19H,6-8H2,1-5H3,(H2,16,17,20). The fourth-order valence-corrected chi connectivity index (χ4v) is 2.85. The quantitative estimate of drug-likeness (QED) is 0.756. The first kappa shape index (κ1) is 17.9. The SMILES string of the molecule is CC(O)CC(C)CNC(=O)NCc1nc(C(C)(C)C)cs1. The Balaban J connectivity index is 2.32. The van der Waals surface area contributed by atoms with Crippen LogP contribution >= 0.6 is 11.3 Å². The molecule has 2 atom stereocenters. The zero-order valence-electron chi connectivity index (χ0n) is 13.6. The molecule has 0 fully saturated rings. The van der Waals surface area contributed by atoms with Crippen LogP contribution in [-0.4, -0.2) is 28.8 Å². The van der Waals surface area contributed by atoms with Gasteiger partial charge in [-0.1, -0.05) is 27.7 Å². The van der Waals surface area contributed by atoms with Crippen LogP contribution in [0.3, 0.4) is 0 Å². The molecule has 0 aliphatic heterocycles. The van der Waals surface area contributed by atoms with Crippen LogP contribution in [0.5, 0.6) is 0 Å². The molecule has 0 saturated heterocycles. The van der Waals surface area contributed by atoms with Gasteiger partial charge >= 0.3 is 6.03 Å². The summed E-state index contributed by atoms with van der Waals surface area (Å²) in [6, 6.07) is -0.194. The zero-order valence-corrected chi connectivity index (χ0v) is 14.4. The van der Waals surface area contributed by atoms with Crippen LogP contribution in [0.1, 0.15) is 51.7 Å². The molecule has 120 valence electrons. The van der Waals surface area contributed by atoms with Crippen molar-refractivity contribution in [1.29, 1.82) is 0 Å². The number of nitrogens with zero attached hydrogens (tertiary/aromatic N) is 1. The van der Waals surface area contributed by atoms with E-state index in [-0.39, 0.29) is 23.5 Å². The average Bonchev–Trinajstić information content (AvgIpc) is 2.81. The molecule has 0 aliphatic carbocycles. The highest BCUT2D eigenvalue weighted by Gasteiger charge is 2.17. The molecule has 0 bridgehead atoms. The van der Waals surface area contributed by atoms with Crippen molar-refractivity contribution in [2.75, 3.05) is 6.54 Å². The number of rotatable bonds is 6. The highest BCUT2D eigenvalue weighted by atomic mass is 32.1. The van der Waals surface area contributed by atoms with E-state index in [1.54, 1.807) is 18.3 Å². The van der Waals surface area contributed by atoms with Crippen molar-refractivity contribution >= 4 is 17.4 Å². The number of aromatic nitrogens is 1. The molecule has 0 radical (unpaired) electrons. The van der Waals surface area contributed by atoms with Crippen molar-refractivity contribution in [2.45, 2.75) is 59.1 Å². The molecular formula is C15H27N3O2S. The minimum absolute atomic E-state index is 0.0351. The number of hydrogen-bond donors (Lipinski definition) is 3. The van der Waals surface area contributed by atoms with Crippen molar-refractivity contribution in [3.8, 4) is 0 Å². The van der Waals surface area contributed by atoms with Gasteiger partial charge in [-0.15, -0.1) is 11.3 Å². The summed E-state index contributed by atoms with van der Waals surface area (Å²) >= 11 is 1.56. The summed E-state index contributed by atoms with van der Waals surface area (Å²) < 4.78 is 0. The van der Waals surface area contributed by atoms with Crippen molar-refractivity contribution in [3.05, 3.63) is 16.1 Å². The number of aliphatic hydroxyl groups excluding tert-OH is 1. The second-order valence-electron chi connectivity index (χ2n) is 6.63.